The molecule has 0 aliphatic carbocycles. The van der Waals surface area contributed by atoms with Gasteiger partial charge in [-0.25, -0.2) is 9.97 Å². The Labute approximate surface area is 88.4 Å². The van der Waals surface area contributed by atoms with E-state index >= 15 is 0 Å². The summed E-state index contributed by atoms with van der Waals surface area (Å²) in [5, 5.41) is 3.26. The van der Waals surface area contributed by atoms with Crippen LogP contribution >= 0.6 is 0 Å². The van der Waals surface area contributed by atoms with Crippen LogP contribution < -0.4 is 5.32 Å². The predicted molar refractivity (Wildman–Crippen MR) is 58.8 cm³/mol. The van der Waals surface area contributed by atoms with Gasteiger partial charge in [-0.2, -0.15) is 0 Å². The van der Waals surface area contributed by atoms with Gasteiger partial charge in [-0.15, -0.1) is 0 Å². The van der Waals surface area contributed by atoms with Crippen molar-refractivity contribution in [3.05, 3.63) is 29.7 Å². The molecule has 0 aromatic carbocycles. The number of hydrogen-bond donors (Lipinski definition) is 3. The van der Waals surface area contributed by atoms with Gasteiger partial charge in [0.15, 0.2) is 0 Å². The molecule has 2 aromatic heterocycles. The van der Waals surface area contributed by atoms with Crippen LogP contribution in [0.3, 0.4) is 0 Å². The quantitative estimate of drug-likeness (QED) is 0.706. The summed E-state index contributed by atoms with van der Waals surface area (Å²) in [6.07, 6.45) is 4.60. The Bertz CT molecular complexity index is 388. The fourth-order valence-corrected chi connectivity index (χ4v) is 1.44. The Kier molecular flexibility index (Phi) is 2.71. The average molecular weight is 205 g/mol. The highest BCUT2D eigenvalue weighted by Crippen LogP contribution is 2.02. The summed E-state index contributed by atoms with van der Waals surface area (Å²) in [5.74, 6) is 2.85. The van der Waals surface area contributed by atoms with E-state index in [1.807, 2.05) is 20.0 Å². The molecule has 15 heavy (non-hydrogen) atoms. The van der Waals surface area contributed by atoms with E-state index in [9.17, 15) is 0 Å². The molecule has 0 fully saturated rings. The number of nitrogens with one attached hydrogen (secondary N) is 3. The summed E-state index contributed by atoms with van der Waals surface area (Å²) in [7, 11) is 0. The molecule has 80 valence electrons. The molecule has 0 radical (unpaired) electrons. The Morgan fingerprint density at radius 1 is 1.13 bits per heavy atom. The van der Waals surface area contributed by atoms with Gasteiger partial charge >= 0.3 is 0 Å². The smallest absolute Gasteiger partial charge is 0.123 e. The van der Waals surface area contributed by atoms with E-state index in [-0.39, 0.29) is 0 Å². The monoisotopic (exact) mass is 205 g/mol. The van der Waals surface area contributed by atoms with Crippen LogP contribution in [0.15, 0.2) is 12.4 Å². The molecule has 0 unspecified atom stereocenters. The fourth-order valence-electron chi connectivity index (χ4n) is 1.44. The van der Waals surface area contributed by atoms with Crippen LogP contribution in [0.5, 0.6) is 0 Å². The standard InChI is InChI=1S/C10H15N5/c1-7-12-5-9(14-7)3-4-11-10-6-13-8(2)15-10/h5-6,11H,3-4H2,1-2H3,(H,12,14)(H,13,15). The van der Waals surface area contributed by atoms with Crippen molar-refractivity contribution >= 4 is 5.82 Å². The van der Waals surface area contributed by atoms with E-state index in [0.717, 1.165) is 36.1 Å². The van der Waals surface area contributed by atoms with Gasteiger partial charge in [-0.1, -0.05) is 0 Å². The molecule has 5 nitrogen and oxygen atoms in total. The zero-order valence-electron chi connectivity index (χ0n) is 8.96. The molecule has 0 aliphatic rings. The Morgan fingerprint density at radius 3 is 2.47 bits per heavy atom. The third-order valence-corrected chi connectivity index (χ3v) is 2.17. The summed E-state index contributed by atoms with van der Waals surface area (Å²) in [6.45, 7) is 4.75. The second-order valence-corrected chi connectivity index (χ2v) is 3.55. The van der Waals surface area contributed by atoms with Crippen LogP contribution in [0.4, 0.5) is 5.82 Å². The lowest BCUT2D eigenvalue weighted by Crippen LogP contribution is -2.05. The van der Waals surface area contributed by atoms with Crippen LogP contribution in [0.25, 0.3) is 0 Å². The van der Waals surface area contributed by atoms with E-state index in [1.54, 1.807) is 6.20 Å². The van der Waals surface area contributed by atoms with Crippen molar-refractivity contribution in [1.82, 2.24) is 19.9 Å². The van der Waals surface area contributed by atoms with Crippen molar-refractivity contribution < 1.29 is 0 Å². The predicted octanol–water partition coefficient (Wildman–Crippen LogP) is 1.40. The van der Waals surface area contributed by atoms with Crippen LogP contribution in [0.2, 0.25) is 0 Å². The van der Waals surface area contributed by atoms with E-state index < -0.39 is 0 Å². The first-order valence-corrected chi connectivity index (χ1v) is 5.00. The maximum atomic E-state index is 4.14. The number of nitrogens with zero attached hydrogens (tertiary/aromatic N) is 2. The van der Waals surface area contributed by atoms with Gasteiger partial charge in [0, 0.05) is 24.9 Å². The first kappa shape index (κ1) is 9.76. The molecular weight excluding hydrogens is 190 g/mol. The van der Waals surface area contributed by atoms with Crippen molar-refractivity contribution in [2.45, 2.75) is 20.3 Å². The van der Waals surface area contributed by atoms with Gasteiger partial charge in [0.25, 0.3) is 0 Å². The Morgan fingerprint density at radius 2 is 1.87 bits per heavy atom. The van der Waals surface area contributed by atoms with Crippen LogP contribution in [0, 0.1) is 13.8 Å². The molecule has 0 atom stereocenters. The maximum Gasteiger partial charge on any atom is 0.123 e. The first-order valence-electron chi connectivity index (χ1n) is 5.00. The number of H-pyrrole nitrogens is 2. The average Bonchev–Trinajstić information content (AvgIpc) is 2.76. The van der Waals surface area contributed by atoms with Crippen LogP contribution in [-0.2, 0) is 6.42 Å². The molecule has 2 heterocycles. The third kappa shape index (κ3) is 2.59. The zero-order valence-corrected chi connectivity index (χ0v) is 8.96. The summed E-state index contributed by atoms with van der Waals surface area (Å²) in [5.41, 5.74) is 1.15. The molecule has 0 aliphatic heterocycles. The van der Waals surface area contributed by atoms with E-state index in [0.29, 0.717) is 0 Å². The minimum atomic E-state index is 0.864. The summed E-state index contributed by atoms with van der Waals surface area (Å²) < 4.78 is 0. The van der Waals surface area contributed by atoms with E-state index in [1.165, 1.54) is 0 Å². The highest BCUT2D eigenvalue weighted by atomic mass is 15.1. The summed E-state index contributed by atoms with van der Waals surface area (Å²) in [6, 6.07) is 0. The molecule has 2 rings (SSSR count). The molecule has 0 bridgehead atoms. The van der Waals surface area contributed by atoms with Crippen LogP contribution in [0.1, 0.15) is 17.3 Å². The van der Waals surface area contributed by atoms with Crippen molar-refractivity contribution in [2.75, 3.05) is 11.9 Å². The van der Waals surface area contributed by atoms with Gasteiger partial charge in [-0.05, 0) is 13.8 Å². The van der Waals surface area contributed by atoms with Crippen molar-refractivity contribution in [1.29, 1.82) is 0 Å². The molecule has 0 spiro atoms. The van der Waals surface area contributed by atoms with Gasteiger partial charge in [0.2, 0.25) is 0 Å². The molecular formula is C10H15N5. The van der Waals surface area contributed by atoms with Gasteiger partial charge in [0.05, 0.1) is 6.20 Å². The maximum absolute atomic E-state index is 4.14. The summed E-state index contributed by atoms with van der Waals surface area (Å²) in [4.78, 5) is 14.6. The molecule has 0 saturated heterocycles. The second kappa shape index (κ2) is 4.16. The number of hydrogen-bond acceptors (Lipinski definition) is 3. The molecule has 0 amide bonds. The third-order valence-electron chi connectivity index (χ3n) is 2.17. The van der Waals surface area contributed by atoms with Crippen LogP contribution in [-0.4, -0.2) is 26.5 Å². The number of aromatic amines is 2. The highest BCUT2D eigenvalue weighted by Gasteiger charge is 1.98. The number of rotatable bonds is 4. The minimum Gasteiger partial charge on any atom is -0.370 e. The topological polar surface area (TPSA) is 69.4 Å². The van der Waals surface area contributed by atoms with E-state index in [2.05, 4.69) is 25.3 Å². The lowest BCUT2D eigenvalue weighted by Gasteiger charge is -2.01. The fraction of sp³-hybridized carbons (Fsp3) is 0.400. The number of aromatic nitrogens is 4. The minimum absolute atomic E-state index is 0.864. The molecule has 2 aromatic rings. The van der Waals surface area contributed by atoms with Crippen molar-refractivity contribution in [3.8, 4) is 0 Å². The Balaban J connectivity index is 1.80. The number of imidazole rings is 2. The normalized spacial score (nSPS) is 10.5. The summed E-state index contributed by atoms with van der Waals surface area (Å²) >= 11 is 0. The lowest BCUT2D eigenvalue weighted by molar-refractivity contribution is 0.961. The largest absolute Gasteiger partial charge is 0.370 e. The molecule has 5 heteroatoms. The first-order chi connectivity index (χ1) is 7.24. The van der Waals surface area contributed by atoms with E-state index in [4.69, 9.17) is 0 Å². The van der Waals surface area contributed by atoms with Gasteiger partial charge in [-0.3, -0.25) is 0 Å². The zero-order chi connectivity index (χ0) is 10.7. The highest BCUT2D eigenvalue weighted by molar-refractivity contribution is 5.32. The molecule has 0 saturated carbocycles. The Hall–Kier alpha value is -1.78. The van der Waals surface area contributed by atoms with Crippen molar-refractivity contribution in [2.24, 2.45) is 0 Å². The number of anilines is 1. The van der Waals surface area contributed by atoms with Crippen molar-refractivity contribution in [3.63, 3.8) is 0 Å². The van der Waals surface area contributed by atoms with Gasteiger partial charge < -0.3 is 15.3 Å². The van der Waals surface area contributed by atoms with Gasteiger partial charge in [0.1, 0.15) is 17.5 Å². The second-order valence-electron chi connectivity index (χ2n) is 3.55. The lowest BCUT2D eigenvalue weighted by atomic mass is 10.3. The SMILES string of the molecule is Cc1ncc(CCNc2cnc(C)[nH]2)[nH]1. The molecule has 3 N–H and O–H groups in total. The number of aryl methyl sites for hydroxylation is 2.